The molecule has 2 aromatic rings. The first-order valence-electron chi connectivity index (χ1n) is 12.5. The van der Waals surface area contributed by atoms with E-state index in [0.29, 0.717) is 0 Å². The molecule has 0 unspecified atom stereocenters. The number of rotatable bonds is 2. The Balaban J connectivity index is 0. The molecule has 39 heavy (non-hydrogen) atoms. The van der Waals surface area contributed by atoms with Gasteiger partial charge >= 0.3 is 7.27 Å². The van der Waals surface area contributed by atoms with Gasteiger partial charge < -0.3 is 14.6 Å². The number of aryl methyl sites for hydroxylation is 1. The van der Waals surface area contributed by atoms with Gasteiger partial charge in [0.1, 0.15) is 11.6 Å². The zero-order chi connectivity index (χ0) is 28.9. The third kappa shape index (κ3) is 15.5. The number of halogens is 4. The van der Waals surface area contributed by atoms with Crippen molar-refractivity contribution >= 4 is 27.5 Å². The molecule has 0 spiro atoms. The number of ether oxygens (including phenoxy) is 2. The lowest BCUT2D eigenvalue weighted by Crippen LogP contribution is -2.20. The molecule has 5 rings (SSSR count). The van der Waals surface area contributed by atoms with E-state index in [1.165, 1.54) is 30.5 Å². The van der Waals surface area contributed by atoms with Crippen LogP contribution in [0.4, 0.5) is 17.4 Å². The van der Waals surface area contributed by atoms with Crippen LogP contribution < -0.4 is 5.32 Å². The minimum Gasteiger partial charge on any atom is -0.400 e. The van der Waals surface area contributed by atoms with Gasteiger partial charge in [-0.25, -0.2) is 8.78 Å². The molecule has 1 aliphatic carbocycles. The highest BCUT2D eigenvalue weighted by Crippen LogP contribution is 2.23. The zero-order valence-corrected chi connectivity index (χ0v) is 23.1. The van der Waals surface area contributed by atoms with Crippen molar-refractivity contribution in [1.29, 1.82) is 0 Å². The number of imide groups is 1. The number of amides is 2. The lowest BCUT2D eigenvalue weighted by atomic mass is 10.1. The summed E-state index contributed by atoms with van der Waals surface area (Å²) in [5.74, 6) is -1.87. The van der Waals surface area contributed by atoms with Crippen molar-refractivity contribution in [3.63, 3.8) is 0 Å². The van der Waals surface area contributed by atoms with Crippen molar-refractivity contribution < 1.29 is 41.6 Å². The summed E-state index contributed by atoms with van der Waals surface area (Å²) >= 11 is 0. The van der Waals surface area contributed by atoms with Crippen LogP contribution in [0.1, 0.15) is 65.0 Å². The smallest absolute Gasteiger partial charge is 0.400 e. The van der Waals surface area contributed by atoms with Gasteiger partial charge in [0, 0.05) is 42.0 Å². The van der Waals surface area contributed by atoms with E-state index in [1.54, 1.807) is 12.1 Å². The second-order valence-corrected chi connectivity index (χ2v) is 7.80. The van der Waals surface area contributed by atoms with E-state index in [0.717, 1.165) is 71.3 Å². The number of aliphatic hydroxyl groups excluding tert-OH is 1. The van der Waals surface area contributed by atoms with Gasteiger partial charge in [-0.3, -0.25) is 23.5 Å². The molecule has 0 aromatic heterocycles. The highest BCUT2D eigenvalue weighted by Gasteiger charge is 2.29. The van der Waals surface area contributed by atoms with Gasteiger partial charge in [0.15, 0.2) is 0 Å². The van der Waals surface area contributed by atoms with Gasteiger partial charge in [-0.05, 0) is 82.1 Å². The lowest BCUT2D eigenvalue weighted by Gasteiger charge is -1.97. The largest absolute Gasteiger partial charge is 0.535 e. The predicted octanol–water partition coefficient (Wildman–Crippen LogP) is 5.13. The molecular weight excluding hydrogens is 516 g/mol. The fourth-order valence-corrected chi connectivity index (χ4v) is 3.46. The van der Waals surface area contributed by atoms with Gasteiger partial charge in [0.05, 0.1) is 11.1 Å². The van der Waals surface area contributed by atoms with Crippen molar-refractivity contribution in [3.05, 3.63) is 70.3 Å². The SMILES string of the molecule is C1CCOC1.CB(F)F.CCOCC.CO.Fc1cccc2c1CCC2.O=C1NC(=O)c2c(F)cccc21.[B]. The summed E-state index contributed by atoms with van der Waals surface area (Å²) in [6.07, 6.45) is 5.67. The maximum Gasteiger partial charge on any atom is 0.535 e. The van der Waals surface area contributed by atoms with E-state index in [4.69, 9.17) is 14.6 Å². The van der Waals surface area contributed by atoms with Crippen LogP contribution in [0, 0.1) is 11.6 Å². The number of carbonyl (C=O) groups excluding carboxylic acids is 2. The minimum absolute atomic E-state index is 0. The van der Waals surface area contributed by atoms with Crippen LogP contribution >= 0.6 is 0 Å². The summed E-state index contributed by atoms with van der Waals surface area (Å²) < 4.78 is 56.2. The van der Waals surface area contributed by atoms with Crippen LogP contribution in [-0.4, -0.2) is 66.1 Å². The molecule has 1 fully saturated rings. The summed E-state index contributed by atoms with van der Waals surface area (Å²) in [4.78, 5) is 21.9. The molecule has 3 aliphatic rings. The monoisotopic (exact) mass is 554 g/mol. The van der Waals surface area contributed by atoms with Crippen LogP contribution in [0.25, 0.3) is 0 Å². The Morgan fingerprint density at radius 1 is 0.897 bits per heavy atom. The highest BCUT2D eigenvalue weighted by atomic mass is 19.2. The third-order valence-corrected chi connectivity index (χ3v) is 5.04. The minimum atomic E-state index is -2.17. The molecule has 2 N–H and O–H groups in total. The number of hydrogen-bond acceptors (Lipinski definition) is 5. The molecule has 12 heteroatoms. The van der Waals surface area contributed by atoms with Crippen LogP contribution in [0.3, 0.4) is 0 Å². The molecule has 2 aromatic carbocycles. The first kappa shape index (κ1) is 38.5. The van der Waals surface area contributed by atoms with E-state index in [2.05, 4.69) is 0 Å². The molecule has 6 nitrogen and oxygen atoms in total. The van der Waals surface area contributed by atoms with Crippen molar-refractivity contribution in [2.75, 3.05) is 33.5 Å². The van der Waals surface area contributed by atoms with Gasteiger partial charge in [0.25, 0.3) is 11.8 Å². The molecule has 215 valence electrons. The maximum absolute atomic E-state index is 12.9. The Labute approximate surface area is 231 Å². The first-order chi connectivity index (χ1) is 18.2. The molecule has 3 radical (unpaired) electrons. The topological polar surface area (TPSA) is 84.9 Å². The van der Waals surface area contributed by atoms with Crippen LogP contribution in [0.5, 0.6) is 0 Å². The number of fused-ring (bicyclic) bond motifs is 2. The highest BCUT2D eigenvalue weighted by molar-refractivity contribution is 6.40. The van der Waals surface area contributed by atoms with Gasteiger partial charge in [-0.15, -0.1) is 0 Å². The van der Waals surface area contributed by atoms with E-state index < -0.39 is 24.9 Å². The Hall–Kier alpha value is -2.69. The number of hydrogen-bond donors (Lipinski definition) is 2. The van der Waals surface area contributed by atoms with Gasteiger partial charge in [-0.2, -0.15) is 0 Å². The lowest BCUT2D eigenvalue weighted by molar-refractivity contribution is 0.0878. The van der Waals surface area contributed by atoms with E-state index in [1.807, 2.05) is 25.2 Å². The molecule has 0 saturated carbocycles. The molecule has 1 saturated heterocycles. The summed E-state index contributed by atoms with van der Waals surface area (Å²) in [7, 11) is -1.17. The Morgan fingerprint density at radius 3 is 1.87 bits per heavy atom. The average molecular weight is 554 g/mol. The summed E-state index contributed by atoms with van der Waals surface area (Å²) in [6, 6.07) is 9.32. The number of aliphatic hydroxyl groups is 1. The van der Waals surface area contributed by atoms with Gasteiger partial charge in [-0.1, -0.05) is 18.2 Å². The molecule has 0 atom stereocenters. The summed E-state index contributed by atoms with van der Waals surface area (Å²) in [5.41, 5.74) is 2.12. The molecule has 2 amide bonds. The Morgan fingerprint density at radius 2 is 1.44 bits per heavy atom. The molecular formula is C27H38B2F4NO5. The van der Waals surface area contributed by atoms with Crippen molar-refractivity contribution in [2.45, 2.75) is 52.8 Å². The average Bonchev–Trinajstić information content (AvgIpc) is 3.66. The molecule has 2 heterocycles. The van der Waals surface area contributed by atoms with Crippen molar-refractivity contribution in [3.8, 4) is 0 Å². The maximum atomic E-state index is 12.9. The van der Waals surface area contributed by atoms with E-state index >= 15 is 0 Å². The van der Waals surface area contributed by atoms with Crippen LogP contribution in [-0.2, 0) is 22.3 Å². The standard InChI is InChI=1S/C9H9F.C8H4FNO2.C4H8O.C4H10O.CH3BF2.CH4O.B/c10-9-6-2-4-7-3-1-5-8(7)9;9-5-3-1-2-4-6(5)8(12)10-7(4)11;1-2-4-5-3-1;1-3-5-4-2;1-2(3)4;1-2;/h2,4,6H,1,3,5H2;1-3H,(H,10,11,12);1-4H2;3-4H2,1-2H3;1H3;2H,1H3;. The van der Waals surface area contributed by atoms with Crippen molar-refractivity contribution in [2.24, 2.45) is 0 Å². The van der Waals surface area contributed by atoms with Crippen LogP contribution in [0.2, 0.25) is 6.82 Å². The fourth-order valence-electron chi connectivity index (χ4n) is 3.46. The molecule has 2 aliphatic heterocycles. The summed E-state index contributed by atoms with van der Waals surface area (Å²) in [5, 5.41) is 9.01. The second-order valence-electron chi connectivity index (χ2n) is 7.80. The fraction of sp³-hybridized carbons (Fsp3) is 0.481. The second kappa shape index (κ2) is 23.2. The van der Waals surface area contributed by atoms with Crippen molar-refractivity contribution in [1.82, 2.24) is 5.32 Å². The van der Waals surface area contributed by atoms with Gasteiger partial charge in [0.2, 0.25) is 0 Å². The molecule has 0 bridgehead atoms. The first-order valence-corrected chi connectivity index (χ1v) is 12.5. The predicted molar refractivity (Wildman–Crippen MR) is 147 cm³/mol. The summed E-state index contributed by atoms with van der Waals surface area (Å²) in [6.45, 7) is 8.50. The van der Waals surface area contributed by atoms with E-state index in [9.17, 15) is 27.0 Å². The quantitative estimate of drug-likeness (QED) is 0.306. The zero-order valence-electron chi connectivity index (χ0n) is 23.1. The number of benzene rings is 2. The number of nitrogens with one attached hydrogen (secondary N) is 1. The normalized spacial score (nSPS) is 13.4. The van der Waals surface area contributed by atoms with E-state index in [-0.39, 0.29) is 25.4 Å². The Bertz CT molecular complexity index is 951. The Kier molecular flexibility index (Phi) is 22.9. The third-order valence-electron chi connectivity index (χ3n) is 5.04. The van der Waals surface area contributed by atoms with Crippen LogP contribution in [0.15, 0.2) is 36.4 Å². The number of carbonyl (C=O) groups is 2.